The van der Waals surface area contributed by atoms with Gasteiger partial charge in [0.25, 0.3) is 0 Å². The topological polar surface area (TPSA) is 90.4 Å². The fourth-order valence-electron chi connectivity index (χ4n) is 6.67. The molecule has 3 fully saturated rings. The Morgan fingerprint density at radius 2 is 1.89 bits per heavy atom. The van der Waals surface area contributed by atoms with Crippen LogP contribution in [0.1, 0.15) is 46.0 Å². The van der Waals surface area contributed by atoms with Crippen LogP contribution in [0.3, 0.4) is 0 Å². The number of likely N-dealkylation sites (tertiary alicyclic amines) is 1. The van der Waals surface area contributed by atoms with E-state index in [4.69, 9.17) is 4.74 Å². The highest BCUT2D eigenvalue weighted by Crippen LogP contribution is 2.59. The van der Waals surface area contributed by atoms with Crippen LogP contribution in [-0.4, -0.2) is 82.7 Å². The second-order valence-corrected chi connectivity index (χ2v) is 10.5. The normalized spacial score (nSPS) is 28.2. The molecule has 1 aromatic carbocycles. The Kier molecular flexibility index (Phi) is 8.73. The molecule has 0 radical (unpaired) electrons. The number of nitrogens with zero attached hydrogens (tertiary/aromatic N) is 3. The Bertz CT molecular complexity index is 1040. The number of aliphatic hydroxyl groups is 1. The van der Waals surface area contributed by atoms with E-state index in [2.05, 4.69) is 20.1 Å². The SMILES string of the molecule is C=CCN(CCCC)C(=O)C1N([C@@H](CC)CO)C(=O)[C@@H]2[C@@H](C(=O)N(CC=C)c3ccccc3)[C@H]3CCC12O3. The highest BCUT2D eigenvalue weighted by Gasteiger charge is 2.75. The molecule has 0 aromatic heterocycles. The number of anilines is 1. The van der Waals surface area contributed by atoms with E-state index in [-0.39, 0.29) is 24.3 Å². The van der Waals surface area contributed by atoms with Crippen molar-refractivity contribution in [3.8, 4) is 0 Å². The minimum atomic E-state index is -1.09. The van der Waals surface area contributed by atoms with Gasteiger partial charge in [-0.05, 0) is 37.8 Å². The van der Waals surface area contributed by atoms with Crippen molar-refractivity contribution in [1.29, 1.82) is 0 Å². The first-order valence-corrected chi connectivity index (χ1v) is 13.9. The molecule has 1 N–H and O–H groups in total. The summed E-state index contributed by atoms with van der Waals surface area (Å²) in [6.07, 6.45) is 6.28. The first kappa shape index (κ1) is 28.0. The van der Waals surface area contributed by atoms with Gasteiger partial charge in [-0.2, -0.15) is 0 Å². The van der Waals surface area contributed by atoms with Gasteiger partial charge in [-0.1, -0.05) is 50.6 Å². The van der Waals surface area contributed by atoms with E-state index in [1.165, 1.54) is 0 Å². The van der Waals surface area contributed by atoms with E-state index < -0.39 is 35.6 Å². The van der Waals surface area contributed by atoms with E-state index in [1.807, 2.05) is 37.3 Å². The van der Waals surface area contributed by atoms with E-state index in [0.29, 0.717) is 38.9 Å². The van der Waals surface area contributed by atoms with Crippen molar-refractivity contribution >= 4 is 23.4 Å². The highest BCUT2D eigenvalue weighted by atomic mass is 16.5. The van der Waals surface area contributed by atoms with Crippen molar-refractivity contribution < 1.29 is 24.2 Å². The molecule has 3 saturated heterocycles. The standard InChI is InChI=1S/C30H41N3O5/c1-5-9-19-31(17-6-2)29(37)26-30-16-15-23(38-30)24(25(30)28(36)33(26)21(8-4)20-34)27(35)32(18-7-3)22-13-11-10-12-14-22/h6-7,10-14,21,23-26,34H,2-3,5,8-9,15-20H2,1,4H3/t21-,23+,24-,25-,26?,30?/m0/s1. The van der Waals surface area contributed by atoms with E-state index in [0.717, 1.165) is 18.5 Å². The smallest absolute Gasteiger partial charge is 0.248 e. The molecule has 0 aliphatic carbocycles. The number of rotatable bonds is 13. The number of hydrogen-bond donors (Lipinski definition) is 1. The maximum absolute atomic E-state index is 14.2. The minimum Gasteiger partial charge on any atom is -0.394 e. The van der Waals surface area contributed by atoms with Crippen LogP contribution in [0.4, 0.5) is 5.69 Å². The third-order valence-electron chi connectivity index (χ3n) is 8.42. The summed E-state index contributed by atoms with van der Waals surface area (Å²) in [4.78, 5) is 47.5. The summed E-state index contributed by atoms with van der Waals surface area (Å²) in [5.41, 5.74) is -0.369. The molecular formula is C30H41N3O5. The molecule has 0 saturated carbocycles. The van der Waals surface area contributed by atoms with Crippen LogP contribution in [0.25, 0.3) is 0 Å². The number of ether oxygens (including phenoxy) is 1. The van der Waals surface area contributed by atoms with Gasteiger partial charge in [0.2, 0.25) is 17.7 Å². The van der Waals surface area contributed by atoms with Crippen molar-refractivity contribution in [2.75, 3.05) is 31.1 Å². The zero-order valence-electron chi connectivity index (χ0n) is 22.6. The van der Waals surface area contributed by atoms with Gasteiger partial charge in [0, 0.05) is 25.3 Å². The van der Waals surface area contributed by atoms with Gasteiger partial charge in [-0.25, -0.2) is 0 Å². The minimum absolute atomic E-state index is 0.194. The van der Waals surface area contributed by atoms with Crippen LogP contribution in [0.15, 0.2) is 55.6 Å². The molecule has 4 rings (SSSR count). The lowest BCUT2D eigenvalue weighted by atomic mass is 9.70. The fraction of sp³-hybridized carbons (Fsp3) is 0.567. The molecule has 206 valence electrons. The molecule has 3 aliphatic heterocycles. The summed E-state index contributed by atoms with van der Waals surface area (Å²) in [6, 6.07) is 7.92. The van der Waals surface area contributed by atoms with Crippen LogP contribution in [0.2, 0.25) is 0 Å². The molecule has 8 heteroatoms. The lowest BCUT2D eigenvalue weighted by molar-refractivity contribution is -0.151. The van der Waals surface area contributed by atoms with Crippen molar-refractivity contribution in [2.45, 2.75) is 69.7 Å². The lowest BCUT2D eigenvalue weighted by Gasteiger charge is -2.39. The number of aliphatic hydroxyl groups excluding tert-OH is 1. The van der Waals surface area contributed by atoms with E-state index in [1.54, 1.807) is 26.9 Å². The van der Waals surface area contributed by atoms with E-state index >= 15 is 0 Å². The molecule has 6 atom stereocenters. The predicted octanol–water partition coefficient (Wildman–Crippen LogP) is 3.17. The summed E-state index contributed by atoms with van der Waals surface area (Å²) in [5, 5.41) is 10.2. The largest absolute Gasteiger partial charge is 0.394 e. The maximum atomic E-state index is 14.2. The third kappa shape index (κ3) is 4.58. The van der Waals surface area contributed by atoms with Gasteiger partial charge in [-0.15, -0.1) is 13.2 Å². The summed E-state index contributed by atoms with van der Waals surface area (Å²) in [5.74, 6) is -2.15. The molecule has 3 heterocycles. The zero-order chi connectivity index (χ0) is 27.4. The second-order valence-electron chi connectivity index (χ2n) is 10.5. The van der Waals surface area contributed by atoms with Gasteiger partial charge in [0.15, 0.2) is 0 Å². The first-order chi connectivity index (χ1) is 18.4. The summed E-state index contributed by atoms with van der Waals surface area (Å²) >= 11 is 0. The van der Waals surface area contributed by atoms with Crippen molar-refractivity contribution in [3.05, 3.63) is 55.6 Å². The molecule has 2 bridgehead atoms. The van der Waals surface area contributed by atoms with Gasteiger partial charge in [0.05, 0.1) is 30.6 Å². The number of unbranched alkanes of at least 4 members (excludes halogenated alkanes) is 1. The van der Waals surface area contributed by atoms with E-state index in [9.17, 15) is 19.5 Å². The average Bonchev–Trinajstić information content (AvgIpc) is 3.58. The Morgan fingerprint density at radius 3 is 2.50 bits per heavy atom. The maximum Gasteiger partial charge on any atom is 0.248 e. The molecule has 1 spiro atoms. The summed E-state index contributed by atoms with van der Waals surface area (Å²) < 4.78 is 6.60. The molecular weight excluding hydrogens is 482 g/mol. The van der Waals surface area contributed by atoms with Crippen molar-refractivity contribution in [1.82, 2.24) is 9.80 Å². The number of benzene rings is 1. The Morgan fingerprint density at radius 1 is 1.18 bits per heavy atom. The first-order valence-electron chi connectivity index (χ1n) is 13.9. The van der Waals surface area contributed by atoms with Crippen molar-refractivity contribution in [2.24, 2.45) is 11.8 Å². The lowest BCUT2D eigenvalue weighted by Crippen LogP contribution is -2.58. The number of carbonyl (C=O) groups excluding carboxylic acids is 3. The number of amides is 3. The van der Waals surface area contributed by atoms with Gasteiger partial charge < -0.3 is 24.5 Å². The Hall–Kier alpha value is -2.97. The molecule has 2 unspecified atom stereocenters. The fourth-order valence-corrected chi connectivity index (χ4v) is 6.67. The van der Waals surface area contributed by atoms with Crippen LogP contribution in [-0.2, 0) is 19.1 Å². The highest BCUT2D eigenvalue weighted by molar-refractivity contribution is 6.03. The second kappa shape index (κ2) is 11.8. The molecule has 38 heavy (non-hydrogen) atoms. The quantitative estimate of drug-likeness (QED) is 0.401. The monoisotopic (exact) mass is 523 g/mol. The van der Waals surface area contributed by atoms with Crippen molar-refractivity contribution in [3.63, 3.8) is 0 Å². The van der Waals surface area contributed by atoms with Gasteiger partial charge >= 0.3 is 0 Å². The number of carbonyl (C=O) groups is 3. The number of fused-ring (bicyclic) bond motifs is 1. The van der Waals surface area contributed by atoms with Crippen LogP contribution < -0.4 is 4.90 Å². The number of para-hydroxylation sites is 1. The molecule has 3 amide bonds. The Labute approximate surface area is 225 Å². The number of hydrogen-bond acceptors (Lipinski definition) is 5. The zero-order valence-corrected chi connectivity index (χ0v) is 22.6. The summed E-state index contributed by atoms with van der Waals surface area (Å²) in [7, 11) is 0. The van der Waals surface area contributed by atoms with Crippen LogP contribution in [0, 0.1) is 11.8 Å². The molecule has 1 aromatic rings. The van der Waals surface area contributed by atoms with Crippen LogP contribution >= 0.6 is 0 Å². The third-order valence-corrected chi connectivity index (χ3v) is 8.42. The van der Waals surface area contributed by atoms with Gasteiger partial charge in [0.1, 0.15) is 11.6 Å². The Balaban J connectivity index is 1.76. The molecule has 3 aliphatic rings. The van der Waals surface area contributed by atoms with Gasteiger partial charge in [-0.3, -0.25) is 14.4 Å². The molecule has 8 nitrogen and oxygen atoms in total. The average molecular weight is 524 g/mol. The predicted molar refractivity (Wildman–Crippen MR) is 146 cm³/mol. The van der Waals surface area contributed by atoms with Crippen LogP contribution in [0.5, 0.6) is 0 Å². The summed E-state index contributed by atoms with van der Waals surface area (Å²) in [6.45, 7) is 12.6.